The number of carbonyl (C=O) groups is 1. The molecule has 7 nitrogen and oxygen atoms in total. The number of aromatic nitrogens is 2. The molecule has 7 heteroatoms. The van der Waals surface area contributed by atoms with Crippen LogP contribution in [0.4, 0.5) is 4.79 Å². The normalized spacial score (nSPS) is 15.6. The van der Waals surface area contributed by atoms with Gasteiger partial charge >= 0.3 is 6.09 Å². The molecule has 1 aliphatic rings. The Bertz CT molecular complexity index is 1240. The number of carbonyl (C=O) groups excluding carboxylic acids is 1. The highest BCUT2D eigenvalue weighted by molar-refractivity contribution is 5.82. The molecule has 3 aromatic rings. The van der Waals surface area contributed by atoms with Gasteiger partial charge in [-0.25, -0.2) is 9.78 Å². The minimum atomic E-state index is -0.622. The second-order valence-corrected chi connectivity index (χ2v) is 10.6. The number of nitrogens with zero attached hydrogens (tertiary/aromatic N) is 3. The molecule has 2 heterocycles. The maximum atomic E-state index is 14.0. The summed E-state index contributed by atoms with van der Waals surface area (Å²) in [5.41, 5.74) is 1.64. The van der Waals surface area contributed by atoms with E-state index in [9.17, 15) is 9.59 Å². The summed E-state index contributed by atoms with van der Waals surface area (Å²) >= 11 is 0. The molecule has 1 atom stereocenters. The first-order valence-corrected chi connectivity index (χ1v) is 13.0. The minimum absolute atomic E-state index is 0.118. The Balaban J connectivity index is 1.70. The molecule has 1 saturated heterocycles. The van der Waals surface area contributed by atoms with Gasteiger partial charge in [-0.2, -0.15) is 0 Å². The summed E-state index contributed by atoms with van der Waals surface area (Å²) in [5, 5.41) is 3.50. The van der Waals surface area contributed by atoms with Crippen LogP contribution in [0.3, 0.4) is 0 Å². The molecule has 192 valence electrons. The average molecular weight is 491 g/mol. The van der Waals surface area contributed by atoms with E-state index in [1.165, 1.54) is 32.4 Å². The summed E-state index contributed by atoms with van der Waals surface area (Å²) in [7, 11) is 0. The lowest BCUT2D eigenvalue weighted by molar-refractivity contribution is 0.0505. The number of likely N-dealkylation sites (tertiary alicyclic amines) is 1. The average Bonchev–Trinajstić information content (AvgIpc) is 2.84. The molecule has 0 unspecified atom stereocenters. The van der Waals surface area contributed by atoms with Gasteiger partial charge in [0.2, 0.25) is 0 Å². The SMILES string of the molecule is C[C@H](NC(=O)OC(C)(C)C)c1nc2cccc(CCCN3CCCCC3)c2c(=O)n1-c1ccccc1. The monoisotopic (exact) mass is 490 g/mol. The van der Waals surface area contributed by atoms with E-state index in [0.29, 0.717) is 22.4 Å². The summed E-state index contributed by atoms with van der Waals surface area (Å²) in [6.45, 7) is 10.7. The number of amides is 1. The number of rotatable bonds is 7. The van der Waals surface area contributed by atoms with Gasteiger partial charge in [-0.1, -0.05) is 36.8 Å². The van der Waals surface area contributed by atoms with Gasteiger partial charge in [0.1, 0.15) is 11.4 Å². The van der Waals surface area contributed by atoms with Crippen LogP contribution in [0.1, 0.15) is 70.8 Å². The second-order valence-electron chi connectivity index (χ2n) is 10.6. The number of piperidine rings is 1. The van der Waals surface area contributed by atoms with E-state index in [1.54, 1.807) is 4.57 Å². The summed E-state index contributed by atoms with van der Waals surface area (Å²) in [5.74, 6) is 0.468. The fourth-order valence-electron chi connectivity index (χ4n) is 4.87. The van der Waals surface area contributed by atoms with Gasteiger partial charge in [0.25, 0.3) is 5.56 Å². The van der Waals surface area contributed by atoms with Crippen LogP contribution in [-0.4, -0.2) is 45.8 Å². The Morgan fingerprint density at radius 1 is 1.06 bits per heavy atom. The molecule has 1 amide bonds. The molecule has 0 saturated carbocycles. The number of ether oxygens (including phenoxy) is 1. The highest BCUT2D eigenvalue weighted by atomic mass is 16.6. The van der Waals surface area contributed by atoms with Gasteiger partial charge in [-0.05, 0) is 96.8 Å². The molecule has 2 aromatic carbocycles. The van der Waals surface area contributed by atoms with Gasteiger partial charge in [0, 0.05) is 0 Å². The first-order chi connectivity index (χ1) is 17.2. The van der Waals surface area contributed by atoms with E-state index in [0.717, 1.165) is 24.9 Å². The standard InChI is InChI=1S/C29H38N4O3/c1-21(30-28(35)36-29(2,3)4)26-31-24-17-11-13-22(14-12-20-32-18-9-6-10-19-32)25(24)27(34)33(26)23-15-7-5-8-16-23/h5,7-8,11,13,15-17,21H,6,9-10,12,14,18-20H2,1-4H3,(H,30,35)/t21-/m0/s1. The zero-order valence-corrected chi connectivity index (χ0v) is 21.9. The summed E-state index contributed by atoms with van der Waals surface area (Å²) < 4.78 is 7.06. The van der Waals surface area contributed by atoms with Gasteiger partial charge in [-0.3, -0.25) is 9.36 Å². The predicted molar refractivity (Wildman–Crippen MR) is 144 cm³/mol. The molecule has 1 N–H and O–H groups in total. The third-order valence-electron chi connectivity index (χ3n) is 6.51. The number of benzene rings is 2. The van der Waals surface area contributed by atoms with Crippen LogP contribution in [0, 0.1) is 0 Å². The molecule has 1 fully saturated rings. The van der Waals surface area contributed by atoms with Gasteiger partial charge in [-0.15, -0.1) is 0 Å². The van der Waals surface area contributed by atoms with E-state index < -0.39 is 17.7 Å². The van der Waals surface area contributed by atoms with Crippen LogP contribution in [0.2, 0.25) is 0 Å². The van der Waals surface area contributed by atoms with Crippen molar-refractivity contribution in [3.05, 3.63) is 70.3 Å². The predicted octanol–water partition coefficient (Wildman–Crippen LogP) is 5.39. The van der Waals surface area contributed by atoms with Crippen molar-refractivity contribution in [3.8, 4) is 5.69 Å². The van der Waals surface area contributed by atoms with E-state index >= 15 is 0 Å². The highest BCUT2D eigenvalue weighted by Gasteiger charge is 2.23. The van der Waals surface area contributed by atoms with Crippen LogP contribution in [0.5, 0.6) is 0 Å². The highest BCUT2D eigenvalue weighted by Crippen LogP contribution is 2.22. The zero-order valence-electron chi connectivity index (χ0n) is 21.9. The lowest BCUT2D eigenvalue weighted by Crippen LogP contribution is -2.37. The molecule has 0 bridgehead atoms. The Morgan fingerprint density at radius 2 is 1.78 bits per heavy atom. The molecule has 1 aliphatic heterocycles. The van der Waals surface area contributed by atoms with Gasteiger partial charge in [0.15, 0.2) is 0 Å². The van der Waals surface area contributed by atoms with Crippen molar-refractivity contribution < 1.29 is 9.53 Å². The number of hydrogen-bond donors (Lipinski definition) is 1. The van der Waals surface area contributed by atoms with E-state index in [2.05, 4.69) is 10.2 Å². The largest absolute Gasteiger partial charge is 0.444 e. The van der Waals surface area contributed by atoms with Crippen molar-refractivity contribution in [1.82, 2.24) is 19.8 Å². The summed E-state index contributed by atoms with van der Waals surface area (Å²) in [6.07, 6.45) is 5.16. The maximum absolute atomic E-state index is 14.0. The smallest absolute Gasteiger partial charge is 0.408 e. The molecule has 1 aromatic heterocycles. The Hall–Kier alpha value is -3.19. The van der Waals surface area contributed by atoms with Crippen LogP contribution in [0.15, 0.2) is 53.3 Å². The fourth-order valence-corrected chi connectivity index (χ4v) is 4.87. The number of alkyl carbamates (subject to hydrolysis) is 1. The topological polar surface area (TPSA) is 76.5 Å². The Kier molecular flexibility index (Phi) is 8.09. The second kappa shape index (κ2) is 11.2. The quantitative estimate of drug-likeness (QED) is 0.481. The minimum Gasteiger partial charge on any atom is -0.444 e. The molecule has 36 heavy (non-hydrogen) atoms. The zero-order chi connectivity index (χ0) is 25.7. The number of hydrogen-bond acceptors (Lipinski definition) is 5. The number of para-hydroxylation sites is 1. The van der Waals surface area contributed by atoms with Crippen molar-refractivity contribution >= 4 is 17.0 Å². The van der Waals surface area contributed by atoms with Crippen LogP contribution in [0.25, 0.3) is 16.6 Å². The van der Waals surface area contributed by atoms with E-state index in [1.807, 2.05) is 76.2 Å². The lowest BCUT2D eigenvalue weighted by Gasteiger charge is -2.26. The maximum Gasteiger partial charge on any atom is 0.408 e. The first kappa shape index (κ1) is 25.9. The number of nitrogens with one attached hydrogen (secondary N) is 1. The van der Waals surface area contributed by atoms with Crippen LogP contribution < -0.4 is 10.9 Å². The van der Waals surface area contributed by atoms with E-state index in [4.69, 9.17) is 9.72 Å². The number of aryl methyl sites for hydroxylation is 1. The third kappa shape index (κ3) is 6.32. The van der Waals surface area contributed by atoms with Crippen molar-refractivity contribution in [2.24, 2.45) is 0 Å². The van der Waals surface area contributed by atoms with Crippen molar-refractivity contribution in [3.63, 3.8) is 0 Å². The summed E-state index contributed by atoms with van der Waals surface area (Å²) in [6, 6.07) is 14.8. The molecular weight excluding hydrogens is 452 g/mol. The molecule has 0 aliphatic carbocycles. The van der Waals surface area contributed by atoms with Crippen molar-refractivity contribution in [2.75, 3.05) is 19.6 Å². The van der Waals surface area contributed by atoms with Crippen LogP contribution in [-0.2, 0) is 11.2 Å². The van der Waals surface area contributed by atoms with Gasteiger partial charge < -0.3 is 15.0 Å². The molecule has 0 spiro atoms. The first-order valence-electron chi connectivity index (χ1n) is 13.0. The van der Waals surface area contributed by atoms with Gasteiger partial charge in [0.05, 0.1) is 22.6 Å². The number of fused-ring (bicyclic) bond motifs is 1. The molecule has 0 radical (unpaired) electrons. The third-order valence-corrected chi connectivity index (χ3v) is 6.51. The fraction of sp³-hybridized carbons (Fsp3) is 0.483. The molecular formula is C29H38N4O3. The summed E-state index contributed by atoms with van der Waals surface area (Å²) in [4.78, 5) is 33.9. The van der Waals surface area contributed by atoms with Crippen molar-refractivity contribution in [2.45, 2.75) is 71.4 Å². The van der Waals surface area contributed by atoms with E-state index in [-0.39, 0.29) is 5.56 Å². The Labute approximate surface area is 213 Å². The van der Waals surface area contributed by atoms with Crippen molar-refractivity contribution in [1.29, 1.82) is 0 Å². The molecule has 4 rings (SSSR count). The Morgan fingerprint density at radius 3 is 2.47 bits per heavy atom. The van der Waals surface area contributed by atoms with Crippen LogP contribution >= 0.6 is 0 Å². The lowest BCUT2D eigenvalue weighted by atomic mass is 10.0.